The summed E-state index contributed by atoms with van der Waals surface area (Å²) in [7, 11) is 0. The minimum Gasteiger partial charge on any atom is -0.479 e. The van der Waals surface area contributed by atoms with Gasteiger partial charge in [0.25, 0.3) is 0 Å². The van der Waals surface area contributed by atoms with E-state index in [2.05, 4.69) is 0 Å². The van der Waals surface area contributed by atoms with Crippen molar-refractivity contribution in [3.8, 4) is 0 Å². The molecular formula is C12H16O10. The molecule has 1 saturated heterocycles. The van der Waals surface area contributed by atoms with E-state index in [9.17, 15) is 24.3 Å². The Morgan fingerprint density at radius 3 is 1.64 bits per heavy atom. The van der Waals surface area contributed by atoms with Gasteiger partial charge in [-0.05, 0) is 0 Å². The fourth-order valence-electron chi connectivity index (χ4n) is 1.99. The standard InChI is InChI=1S/C12H16O10/c1-4(13)19-7-8(20-5(2)14)10(21-6(3)15)12(18)22-9(7)11(16)17/h7-10,12,18H,1-3H3,(H,16,17)/t7-,8-,9-,10-,12-/m0/s1. The Kier molecular flexibility index (Phi) is 5.83. The summed E-state index contributed by atoms with van der Waals surface area (Å²) in [6.45, 7) is 3.06. The van der Waals surface area contributed by atoms with Crippen LogP contribution in [-0.4, -0.2) is 64.8 Å². The molecule has 10 heteroatoms. The smallest absolute Gasteiger partial charge is 0.337 e. The van der Waals surface area contributed by atoms with Crippen LogP contribution in [0.1, 0.15) is 20.8 Å². The summed E-state index contributed by atoms with van der Waals surface area (Å²) in [6, 6.07) is 0. The van der Waals surface area contributed by atoms with Crippen molar-refractivity contribution in [3.63, 3.8) is 0 Å². The Hall–Kier alpha value is -2.20. The van der Waals surface area contributed by atoms with E-state index in [-0.39, 0.29) is 0 Å². The van der Waals surface area contributed by atoms with Crippen molar-refractivity contribution in [1.29, 1.82) is 0 Å². The van der Waals surface area contributed by atoms with Crippen LogP contribution in [-0.2, 0) is 38.1 Å². The van der Waals surface area contributed by atoms with E-state index in [4.69, 9.17) is 24.1 Å². The van der Waals surface area contributed by atoms with Gasteiger partial charge < -0.3 is 29.2 Å². The molecule has 0 aromatic rings. The number of rotatable bonds is 4. The lowest BCUT2D eigenvalue weighted by atomic mass is 9.98. The van der Waals surface area contributed by atoms with Crippen LogP contribution < -0.4 is 0 Å². The van der Waals surface area contributed by atoms with Crippen LogP contribution in [0.5, 0.6) is 0 Å². The third-order valence-electron chi connectivity index (χ3n) is 2.66. The number of hydrogen-bond donors (Lipinski definition) is 2. The lowest BCUT2D eigenvalue weighted by Gasteiger charge is -2.41. The van der Waals surface area contributed by atoms with Crippen molar-refractivity contribution in [2.24, 2.45) is 0 Å². The number of ether oxygens (including phenoxy) is 4. The number of carbonyl (C=O) groups is 4. The van der Waals surface area contributed by atoms with Gasteiger partial charge in [0, 0.05) is 20.8 Å². The highest BCUT2D eigenvalue weighted by Gasteiger charge is 2.53. The molecule has 10 nitrogen and oxygen atoms in total. The Bertz CT molecular complexity index is 473. The third-order valence-corrected chi connectivity index (χ3v) is 2.66. The molecule has 0 radical (unpaired) electrons. The van der Waals surface area contributed by atoms with Crippen molar-refractivity contribution in [2.75, 3.05) is 0 Å². The number of carboxylic acids is 1. The van der Waals surface area contributed by atoms with Crippen LogP contribution in [0.3, 0.4) is 0 Å². The number of hydrogen-bond acceptors (Lipinski definition) is 9. The first-order chi connectivity index (χ1) is 10.1. The van der Waals surface area contributed by atoms with E-state index in [0.717, 1.165) is 20.8 Å². The van der Waals surface area contributed by atoms with Gasteiger partial charge in [0.15, 0.2) is 30.7 Å². The zero-order valence-corrected chi connectivity index (χ0v) is 12.0. The van der Waals surface area contributed by atoms with Gasteiger partial charge in [-0.1, -0.05) is 0 Å². The first-order valence-electron chi connectivity index (χ1n) is 6.21. The van der Waals surface area contributed by atoms with Crippen molar-refractivity contribution in [3.05, 3.63) is 0 Å². The van der Waals surface area contributed by atoms with Crippen LogP contribution in [0.2, 0.25) is 0 Å². The summed E-state index contributed by atoms with van der Waals surface area (Å²) in [5.41, 5.74) is 0. The second-order valence-electron chi connectivity index (χ2n) is 4.51. The van der Waals surface area contributed by atoms with E-state index in [1.807, 2.05) is 0 Å². The Morgan fingerprint density at radius 2 is 1.23 bits per heavy atom. The Morgan fingerprint density at radius 1 is 0.818 bits per heavy atom. The predicted octanol–water partition coefficient (Wildman–Crippen LogP) is -1.42. The highest BCUT2D eigenvalue weighted by atomic mass is 16.7. The normalized spacial score (nSPS) is 31.0. The molecule has 1 aliphatic heterocycles. The number of aliphatic hydroxyl groups is 1. The van der Waals surface area contributed by atoms with Gasteiger partial charge >= 0.3 is 23.9 Å². The van der Waals surface area contributed by atoms with Crippen LogP contribution in [0, 0.1) is 0 Å². The minimum atomic E-state index is -1.87. The second kappa shape index (κ2) is 7.18. The quantitative estimate of drug-likeness (QED) is 0.467. The molecule has 5 atom stereocenters. The maximum absolute atomic E-state index is 11.2. The predicted molar refractivity (Wildman–Crippen MR) is 65.2 cm³/mol. The average Bonchev–Trinajstić information content (AvgIpc) is 2.34. The van der Waals surface area contributed by atoms with Gasteiger partial charge in [-0.2, -0.15) is 0 Å². The fraction of sp³-hybridized carbons (Fsp3) is 0.667. The summed E-state index contributed by atoms with van der Waals surface area (Å²) < 4.78 is 19.3. The summed E-state index contributed by atoms with van der Waals surface area (Å²) >= 11 is 0. The third kappa shape index (κ3) is 4.40. The number of esters is 3. The topological polar surface area (TPSA) is 146 Å². The van der Waals surface area contributed by atoms with Crippen LogP contribution >= 0.6 is 0 Å². The molecule has 2 N–H and O–H groups in total. The maximum Gasteiger partial charge on any atom is 0.337 e. The zero-order valence-electron chi connectivity index (χ0n) is 12.0. The van der Waals surface area contributed by atoms with E-state index < -0.39 is 54.6 Å². The molecule has 1 fully saturated rings. The molecule has 0 spiro atoms. The molecule has 1 rings (SSSR count). The molecular weight excluding hydrogens is 304 g/mol. The van der Waals surface area contributed by atoms with Crippen LogP contribution in [0.15, 0.2) is 0 Å². The van der Waals surface area contributed by atoms with Crippen LogP contribution in [0.4, 0.5) is 0 Å². The van der Waals surface area contributed by atoms with Crippen LogP contribution in [0.25, 0.3) is 0 Å². The highest BCUT2D eigenvalue weighted by Crippen LogP contribution is 2.27. The summed E-state index contributed by atoms with van der Waals surface area (Å²) in [6.07, 6.45) is -8.33. The molecule has 0 aromatic heterocycles. The van der Waals surface area contributed by atoms with Crippen molar-refractivity contribution in [1.82, 2.24) is 0 Å². The molecule has 0 aromatic carbocycles. The molecule has 0 saturated carbocycles. The lowest BCUT2D eigenvalue weighted by Crippen LogP contribution is -2.63. The minimum absolute atomic E-state index is 0.833. The molecule has 0 amide bonds. The lowest BCUT2D eigenvalue weighted by molar-refractivity contribution is -0.289. The first kappa shape index (κ1) is 17.9. The van der Waals surface area contributed by atoms with E-state index in [1.54, 1.807) is 0 Å². The molecule has 0 aliphatic carbocycles. The first-order valence-corrected chi connectivity index (χ1v) is 6.21. The average molecular weight is 320 g/mol. The molecule has 22 heavy (non-hydrogen) atoms. The van der Waals surface area contributed by atoms with E-state index in [1.165, 1.54) is 0 Å². The summed E-state index contributed by atoms with van der Waals surface area (Å²) in [4.78, 5) is 44.6. The van der Waals surface area contributed by atoms with Crippen molar-refractivity contribution >= 4 is 23.9 Å². The Labute approximate surface area is 124 Å². The van der Waals surface area contributed by atoms with Crippen molar-refractivity contribution < 1.29 is 48.3 Å². The molecule has 1 heterocycles. The number of carbonyl (C=O) groups excluding carboxylic acids is 3. The Balaban J connectivity index is 3.18. The summed E-state index contributed by atoms with van der Waals surface area (Å²) in [5.74, 6) is -4.10. The van der Waals surface area contributed by atoms with Gasteiger partial charge in [-0.25, -0.2) is 4.79 Å². The molecule has 0 unspecified atom stereocenters. The maximum atomic E-state index is 11.2. The number of carboxylic acid groups (broad SMARTS) is 1. The number of aliphatic carboxylic acids is 1. The van der Waals surface area contributed by atoms with Gasteiger partial charge in [0.2, 0.25) is 0 Å². The highest BCUT2D eigenvalue weighted by molar-refractivity contribution is 5.75. The molecule has 1 aliphatic rings. The zero-order chi connectivity index (χ0) is 17.0. The summed E-state index contributed by atoms with van der Waals surface area (Å²) in [5, 5.41) is 18.9. The molecule has 0 bridgehead atoms. The van der Waals surface area contributed by atoms with E-state index >= 15 is 0 Å². The SMILES string of the molecule is CC(=O)O[C@H]1[C@H](OC(C)=O)[C@@H](C(=O)O)O[C@H](O)[C@H]1OC(C)=O. The van der Waals surface area contributed by atoms with Gasteiger partial charge in [-0.3, -0.25) is 14.4 Å². The number of aliphatic hydroxyl groups excluding tert-OH is 1. The van der Waals surface area contributed by atoms with Gasteiger partial charge in [0.1, 0.15) is 0 Å². The van der Waals surface area contributed by atoms with Gasteiger partial charge in [0.05, 0.1) is 0 Å². The largest absolute Gasteiger partial charge is 0.479 e. The molecule has 124 valence electrons. The van der Waals surface area contributed by atoms with Gasteiger partial charge in [-0.15, -0.1) is 0 Å². The van der Waals surface area contributed by atoms with Crippen molar-refractivity contribution in [2.45, 2.75) is 51.5 Å². The monoisotopic (exact) mass is 320 g/mol. The van der Waals surface area contributed by atoms with E-state index in [0.29, 0.717) is 0 Å². The second-order valence-corrected chi connectivity index (χ2v) is 4.51. The fourth-order valence-corrected chi connectivity index (χ4v) is 1.99.